The van der Waals surface area contributed by atoms with E-state index in [2.05, 4.69) is 0 Å². The molecule has 0 saturated heterocycles. The van der Waals surface area contributed by atoms with E-state index in [-0.39, 0.29) is 12.2 Å². The SMILES string of the molecule is CS(=O)(=O)CCC(CS(C)(=O)=O)S(C)(=O)=O. The third kappa shape index (κ3) is 8.05. The smallest absolute Gasteiger partial charge is 0.151 e. The molecule has 0 saturated carbocycles. The predicted octanol–water partition coefficient (Wildman–Crippen LogP) is -1.12. The van der Waals surface area contributed by atoms with Crippen molar-refractivity contribution in [3.8, 4) is 0 Å². The molecule has 1 atom stereocenters. The summed E-state index contributed by atoms with van der Waals surface area (Å²) in [5, 5.41) is -1.16. The average molecular weight is 292 g/mol. The van der Waals surface area contributed by atoms with E-state index in [1.165, 1.54) is 0 Å². The largest absolute Gasteiger partial charge is 0.229 e. The molecule has 0 aliphatic carbocycles. The van der Waals surface area contributed by atoms with Gasteiger partial charge >= 0.3 is 0 Å². The van der Waals surface area contributed by atoms with Crippen molar-refractivity contribution in [1.29, 1.82) is 0 Å². The molecule has 0 aliphatic heterocycles. The Kier molecular flexibility index (Phi) is 4.96. The maximum absolute atomic E-state index is 11.3. The Hall–Kier alpha value is -0.150. The van der Waals surface area contributed by atoms with Gasteiger partial charge in [0, 0.05) is 18.8 Å². The lowest BCUT2D eigenvalue weighted by molar-refractivity contribution is 0.573. The zero-order valence-corrected chi connectivity index (χ0v) is 11.8. The molecule has 0 aromatic rings. The first-order valence-corrected chi connectivity index (χ1v) is 10.4. The highest BCUT2D eigenvalue weighted by atomic mass is 32.2. The Morgan fingerprint density at radius 2 is 1.25 bits per heavy atom. The fourth-order valence-electron chi connectivity index (χ4n) is 1.10. The summed E-state index contributed by atoms with van der Waals surface area (Å²) in [5.41, 5.74) is 0. The number of hydrogen-bond donors (Lipinski definition) is 0. The van der Waals surface area contributed by atoms with Gasteiger partial charge in [-0.2, -0.15) is 0 Å². The minimum Gasteiger partial charge on any atom is -0.229 e. The summed E-state index contributed by atoms with van der Waals surface area (Å²) in [6.45, 7) is 0. The first-order chi connectivity index (χ1) is 6.81. The van der Waals surface area contributed by atoms with Crippen LogP contribution in [0.3, 0.4) is 0 Å². The fourth-order valence-corrected chi connectivity index (χ4v) is 5.08. The zero-order chi connectivity index (χ0) is 13.2. The van der Waals surface area contributed by atoms with Gasteiger partial charge in [0.1, 0.15) is 19.7 Å². The van der Waals surface area contributed by atoms with Crippen molar-refractivity contribution in [2.24, 2.45) is 0 Å². The molecule has 0 spiro atoms. The summed E-state index contributed by atoms with van der Waals surface area (Å²) in [6, 6.07) is 0. The van der Waals surface area contributed by atoms with Crippen molar-refractivity contribution in [3.05, 3.63) is 0 Å². The predicted molar refractivity (Wildman–Crippen MR) is 62.7 cm³/mol. The molecule has 1 unspecified atom stereocenters. The third-order valence-corrected chi connectivity index (χ3v) is 5.71. The van der Waals surface area contributed by atoms with Crippen molar-refractivity contribution >= 4 is 29.5 Å². The quantitative estimate of drug-likeness (QED) is 0.614. The molecule has 0 rings (SSSR count). The standard InChI is InChI=1S/C7H16O6S3/c1-14(8,9)5-4-7(16(3,12)13)6-15(2,10)11/h7H,4-6H2,1-3H3. The maximum atomic E-state index is 11.3. The van der Waals surface area contributed by atoms with E-state index in [1.807, 2.05) is 0 Å². The van der Waals surface area contributed by atoms with E-state index < -0.39 is 40.5 Å². The van der Waals surface area contributed by atoms with E-state index >= 15 is 0 Å². The van der Waals surface area contributed by atoms with Gasteiger partial charge in [0.2, 0.25) is 0 Å². The minimum absolute atomic E-state index is 0.190. The molecule has 0 N–H and O–H groups in total. The summed E-state index contributed by atoms with van der Waals surface area (Å²) in [4.78, 5) is 0. The van der Waals surface area contributed by atoms with Crippen molar-refractivity contribution in [1.82, 2.24) is 0 Å². The van der Waals surface area contributed by atoms with Gasteiger partial charge in [-0.3, -0.25) is 0 Å². The van der Waals surface area contributed by atoms with Gasteiger partial charge in [-0.1, -0.05) is 0 Å². The fraction of sp³-hybridized carbons (Fsp3) is 1.00. The lowest BCUT2D eigenvalue weighted by Gasteiger charge is -2.12. The van der Waals surface area contributed by atoms with Crippen molar-refractivity contribution < 1.29 is 25.3 Å². The van der Waals surface area contributed by atoms with E-state index in [0.717, 1.165) is 18.8 Å². The molecule has 9 heteroatoms. The molecule has 0 fully saturated rings. The molecular formula is C7H16O6S3. The first-order valence-electron chi connectivity index (χ1n) is 4.35. The van der Waals surface area contributed by atoms with Crippen LogP contribution >= 0.6 is 0 Å². The number of sulfone groups is 3. The lowest BCUT2D eigenvalue weighted by Crippen LogP contribution is -2.30. The molecule has 6 nitrogen and oxygen atoms in total. The van der Waals surface area contributed by atoms with E-state index in [0.29, 0.717) is 0 Å². The summed E-state index contributed by atoms with van der Waals surface area (Å²) in [7, 11) is -10.3. The van der Waals surface area contributed by atoms with Gasteiger partial charge in [0.25, 0.3) is 0 Å². The monoisotopic (exact) mass is 292 g/mol. The van der Waals surface area contributed by atoms with E-state index in [1.54, 1.807) is 0 Å². The van der Waals surface area contributed by atoms with Gasteiger partial charge in [-0.25, -0.2) is 25.3 Å². The summed E-state index contributed by atoms with van der Waals surface area (Å²) < 4.78 is 66.3. The van der Waals surface area contributed by atoms with Gasteiger partial charge in [-0.15, -0.1) is 0 Å². The molecule has 0 aliphatic rings. The Bertz CT molecular complexity index is 525. The second-order valence-electron chi connectivity index (χ2n) is 3.96. The average Bonchev–Trinajstić information content (AvgIpc) is 1.91. The van der Waals surface area contributed by atoms with Crippen molar-refractivity contribution in [3.63, 3.8) is 0 Å². The summed E-state index contributed by atoms with van der Waals surface area (Å²) in [6.07, 6.45) is 2.62. The highest BCUT2D eigenvalue weighted by Crippen LogP contribution is 2.09. The van der Waals surface area contributed by atoms with Crippen LogP contribution in [-0.4, -0.2) is 60.8 Å². The molecule has 0 radical (unpaired) electrons. The number of hydrogen-bond acceptors (Lipinski definition) is 6. The van der Waals surface area contributed by atoms with Crippen LogP contribution in [-0.2, 0) is 29.5 Å². The van der Waals surface area contributed by atoms with Gasteiger partial charge < -0.3 is 0 Å². The van der Waals surface area contributed by atoms with Crippen LogP contribution in [0.1, 0.15) is 6.42 Å². The second kappa shape index (κ2) is 5.01. The maximum Gasteiger partial charge on any atom is 0.151 e. The van der Waals surface area contributed by atoms with Crippen LogP contribution < -0.4 is 0 Å². The molecule has 0 amide bonds. The highest BCUT2D eigenvalue weighted by Gasteiger charge is 2.26. The lowest BCUT2D eigenvalue weighted by atomic mass is 10.4. The van der Waals surface area contributed by atoms with Gasteiger partial charge in [0.15, 0.2) is 9.84 Å². The Balaban J connectivity index is 4.87. The Morgan fingerprint density at radius 1 is 0.812 bits per heavy atom. The molecule has 98 valence electrons. The van der Waals surface area contributed by atoms with Crippen LogP contribution in [0.15, 0.2) is 0 Å². The molecule has 0 heterocycles. The summed E-state index contributed by atoms with van der Waals surface area (Å²) in [5.74, 6) is -0.873. The van der Waals surface area contributed by atoms with E-state index in [9.17, 15) is 25.3 Å². The highest BCUT2D eigenvalue weighted by molar-refractivity contribution is 7.95. The zero-order valence-electron chi connectivity index (χ0n) is 9.37. The second-order valence-corrected chi connectivity index (χ2v) is 10.7. The normalized spacial score (nSPS) is 15.9. The molecule has 16 heavy (non-hydrogen) atoms. The summed E-state index contributed by atoms with van der Waals surface area (Å²) >= 11 is 0. The van der Waals surface area contributed by atoms with Crippen LogP contribution in [0.5, 0.6) is 0 Å². The van der Waals surface area contributed by atoms with Gasteiger partial charge in [0.05, 0.1) is 16.8 Å². The molecule has 0 bridgehead atoms. The van der Waals surface area contributed by atoms with Crippen molar-refractivity contribution in [2.75, 3.05) is 30.3 Å². The topological polar surface area (TPSA) is 102 Å². The van der Waals surface area contributed by atoms with Gasteiger partial charge in [-0.05, 0) is 6.42 Å². The molecular weight excluding hydrogens is 276 g/mol. The minimum atomic E-state index is -3.56. The van der Waals surface area contributed by atoms with E-state index in [4.69, 9.17) is 0 Å². The van der Waals surface area contributed by atoms with Crippen LogP contribution in [0.25, 0.3) is 0 Å². The van der Waals surface area contributed by atoms with Crippen LogP contribution in [0.4, 0.5) is 0 Å². The Morgan fingerprint density at radius 3 is 1.50 bits per heavy atom. The third-order valence-electron chi connectivity index (χ3n) is 1.90. The Labute approximate surface area is 96.8 Å². The van der Waals surface area contributed by atoms with Crippen LogP contribution in [0.2, 0.25) is 0 Å². The first kappa shape index (κ1) is 15.9. The van der Waals surface area contributed by atoms with Crippen LogP contribution in [0, 0.1) is 0 Å². The van der Waals surface area contributed by atoms with Crippen molar-refractivity contribution in [2.45, 2.75) is 11.7 Å². The molecule has 0 aromatic heterocycles. The number of rotatable bonds is 6. The molecule has 0 aromatic carbocycles.